The van der Waals surface area contributed by atoms with Crippen LogP contribution in [0.3, 0.4) is 0 Å². The van der Waals surface area contributed by atoms with E-state index >= 15 is 0 Å². The summed E-state index contributed by atoms with van der Waals surface area (Å²) in [7, 11) is -3.99. The number of amides is 2. The number of furan rings is 1. The normalized spacial score (nSPS) is 17.7. The van der Waals surface area contributed by atoms with E-state index in [0.717, 1.165) is 6.07 Å². The van der Waals surface area contributed by atoms with Crippen molar-refractivity contribution in [2.24, 2.45) is 5.14 Å². The molecule has 1 aliphatic rings. The molecule has 1 saturated heterocycles. The number of sulfonamides is 1. The lowest BCUT2D eigenvalue weighted by Gasteiger charge is -2.15. The number of carbonyl (C=O) groups excluding carboxylic acids is 2. The highest BCUT2D eigenvalue weighted by Gasteiger charge is 2.30. The van der Waals surface area contributed by atoms with Crippen LogP contribution in [-0.4, -0.2) is 49.2 Å². The van der Waals surface area contributed by atoms with Crippen molar-refractivity contribution in [2.75, 3.05) is 13.1 Å². The van der Waals surface area contributed by atoms with Crippen LogP contribution in [-0.2, 0) is 10.0 Å². The maximum absolute atomic E-state index is 12.4. The molecule has 25 heavy (non-hydrogen) atoms. The van der Waals surface area contributed by atoms with E-state index in [9.17, 15) is 18.0 Å². The average Bonchev–Trinajstić information content (AvgIpc) is 3.25. The Kier molecular flexibility index (Phi) is 4.62. The third-order valence-corrected chi connectivity index (χ3v) is 5.54. The first kappa shape index (κ1) is 17.6. The second-order valence-electron chi connectivity index (χ2n) is 5.64. The molecule has 1 fully saturated rings. The van der Waals surface area contributed by atoms with Crippen LogP contribution < -0.4 is 10.5 Å². The molecule has 0 unspecified atom stereocenters. The maximum atomic E-state index is 12.4. The fraction of sp³-hybridized carbons (Fsp3) is 0.357. The Balaban J connectivity index is 1.62. The average molecular weight is 384 g/mol. The molecule has 3 rings (SSSR count). The van der Waals surface area contributed by atoms with Gasteiger partial charge in [0.25, 0.3) is 21.8 Å². The second kappa shape index (κ2) is 6.58. The minimum atomic E-state index is -3.99. The van der Waals surface area contributed by atoms with Crippen molar-refractivity contribution in [3.05, 3.63) is 34.0 Å². The summed E-state index contributed by atoms with van der Waals surface area (Å²) in [6.45, 7) is 2.50. The van der Waals surface area contributed by atoms with Gasteiger partial charge >= 0.3 is 0 Å². The van der Waals surface area contributed by atoms with Gasteiger partial charge in [0, 0.05) is 19.1 Å². The summed E-state index contributed by atoms with van der Waals surface area (Å²) in [4.78, 5) is 30.7. The lowest BCUT2D eigenvalue weighted by Crippen LogP contribution is -2.38. The molecule has 9 nitrogen and oxygen atoms in total. The first-order valence-electron chi connectivity index (χ1n) is 7.38. The van der Waals surface area contributed by atoms with Crippen LogP contribution in [0.4, 0.5) is 0 Å². The fourth-order valence-corrected chi connectivity index (χ4v) is 3.75. The van der Waals surface area contributed by atoms with Crippen LogP contribution in [0.5, 0.6) is 0 Å². The summed E-state index contributed by atoms with van der Waals surface area (Å²) < 4.78 is 27.4. The largest absolute Gasteiger partial charge is 0.438 e. The first-order valence-corrected chi connectivity index (χ1v) is 9.81. The van der Waals surface area contributed by atoms with Crippen LogP contribution in [0, 0.1) is 6.92 Å². The van der Waals surface area contributed by atoms with E-state index in [-0.39, 0.29) is 17.7 Å². The molecule has 1 aliphatic heterocycles. The van der Waals surface area contributed by atoms with Crippen molar-refractivity contribution in [2.45, 2.75) is 24.5 Å². The predicted octanol–water partition coefficient (Wildman–Crippen LogP) is 0.336. The quantitative estimate of drug-likeness (QED) is 0.780. The van der Waals surface area contributed by atoms with Gasteiger partial charge in [0.2, 0.25) is 5.09 Å². The molecule has 0 saturated carbocycles. The van der Waals surface area contributed by atoms with Crippen LogP contribution in [0.25, 0.3) is 0 Å². The van der Waals surface area contributed by atoms with Crippen molar-refractivity contribution in [1.29, 1.82) is 0 Å². The molecule has 1 atom stereocenters. The van der Waals surface area contributed by atoms with Crippen molar-refractivity contribution >= 4 is 33.2 Å². The minimum absolute atomic E-state index is 0.102. The molecule has 134 valence electrons. The third-order valence-electron chi connectivity index (χ3n) is 3.83. The third kappa shape index (κ3) is 3.72. The van der Waals surface area contributed by atoms with Gasteiger partial charge in [0.05, 0.1) is 11.2 Å². The molecule has 2 amide bonds. The number of nitrogens with two attached hydrogens (primary N) is 1. The van der Waals surface area contributed by atoms with Crippen molar-refractivity contribution in [3.8, 4) is 0 Å². The highest BCUT2D eigenvalue weighted by Crippen LogP contribution is 2.19. The highest BCUT2D eigenvalue weighted by molar-refractivity contribution is 7.89. The zero-order chi connectivity index (χ0) is 18.2. The Labute approximate surface area is 147 Å². The number of aryl methyl sites for hydroxylation is 1. The van der Waals surface area contributed by atoms with Gasteiger partial charge in [-0.3, -0.25) is 9.59 Å². The number of aromatic nitrogens is 1. The standard InChI is InChI=1S/C14H16N4O5S2/c1-8-12(24-7-16-8)13(19)17-9-4-5-18(6-9)14(20)10-2-3-11(23-10)25(15,21)22/h2-3,7,9H,4-6H2,1H3,(H,17,19)(H2,15,21,22)/t9-/m1/s1. The predicted molar refractivity (Wildman–Crippen MR) is 88.7 cm³/mol. The van der Waals surface area contributed by atoms with E-state index in [1.54, 1.807) is 12.4 Å². The Morgan fingerprint density at radius 3 is 2.80 bits per heavy atom. The summed E-state index contributed by atoms with van der Waals surface area (Å²) >= 11 is 1.26. The van der Waals surface area contributed by atoms with E-state index in [0.29, 0.717) is 30.1 Å². The molecule has 11 heteroatoms. The fourth-order valence-electron chi connectivity index (χ4n) is 2.58. The van der Waals surface area contributed by atoms with Gasteiger partial charge in [0.15, 0.2) is 5.76 Å². The van der Waals surface area contributed by atoms with E-state index in [1.807, 2.05) is 0 Å². The van der Waals surface area contributed by atoms with Crippen LogP contribution in [0.2, 0.25) is 0 Å². The molecule has 2 aromatic heterocycles. The number of primary sulfonamides is 1. The minimum Gasteiger partial charge on any atom is -0.438 e. The number of carbonyl (C=O) groups is 2. The van der Waals surface area contributed by atoms with Crippen LogP contribution >= 0.6 is 11.3 Å². The van der Waals surface area contributed by atoms with E-state index in [1.165, 1.54) is 22.3 Å². The van der Waals surface area contributed by atoms with Gasteiger partial charge in [-0.1, -0.05) is 0 Å². The van der Waals surface area contributed by atoms with Crippen molar-refractivity contribution in [3.63, 3.8) is 0 Å². The topological polar surface area (TPSA) is 136 Å². The van der Waals surface area contributed by atoms with Crippen molar-refractivity contribution < 1.29 is 22.4 Å². The molecule has 3 N–H and O–H groups in total. The number of nitrogens with zero attached hydrogens (tertiary/aromatic N) is 2. The smallest absolute Gasteiger partial charge is 0.289 e. The lowest BCUT2D eigenvalue weighted by atomic mass is 10.2. The van der Waals surface area contributed by atoms with Crippen molar-refractivity contribution in [1.82, 2.24) is 15.2 Å². The molecule has 3 heterocycles. The number of hydrogen-bond donors (Lipinski definition) is 2. The van der Waals surface area contributed by atoms with E-state index in [2.05, 4.69) is 10.3 Å². The Hall–Kier alpha value is -2.24. The summed E-state index contributed by atoms with van der Waals surface area (Å²) in [5.41, 5.74) is 2.27. The number of rotatable bonds is 4. The summed E-state index contributed by atoms with van der Waals surface area (Å²) in [5.74, 6) is -0.760. The SMILES string of the molecule is Cc1ncsc1C(=O)N[C@@H]1CCN(C(=O)c2ccc(S(N)(=O)=O)o2)C1. The number of hydrogen-bond acceptors (Lipinski definition) is 7. The van der Waals surface area contributed by atoms with E-state index in [4.69, 9.17) is 9.56 Å². The van der Waals surface area contributed by atoms with E-state index < -0.39 is 21.0 Å². The summed E-state index contributed by atoms with van der Waals surface area (Å²) in [6, 6.07) is 2.23. The summed E-state index contributed by atoms with van der Waals surface area (Å²) in [5, 5.41) is 7.38. The molecule has 0 spiro atoms. The van der Waals surface area contributed by atoms with Gasteiger partial charge in [-0.05, 0) is 25.5 Å². The Morgan fingerprint density at radius 2 is 2.20 bits per heavy atom. The molecule has 2 aromatic rings. The monoisotopic (exact) mass is 384 g/mol. The zero-order valence-electron chi connectivity index (χ0n) is 13.3. The molecular formula is C14H16N4O5S2. The number of thiazole rings is 1. The number of likely N-dealkylation sites (tertiary alicyclic amines) is 1. The first-order chi connectivity index (χ1) is 11.8. The zero-order valence-corrected chi connectivity index (χ0v) is 14.9. The molecule has 0 aromatic carbocycles. The molecule has 0 aliphatic carbocycles. The van der Waals surface area contributed by atoms with Gasteiger partial charge in [-0.2, -0.15) is 0 Å². The molecular weight excluding hydrogens is 368 g/mol. The van der Waals surface area contributed by atoms with Crippen LogP contribution in [0.1, 0.15) is 32.3 Å². The van der Waals surface area contributed by atoms with Gasteiger partial charge in [-0.15, -0.1) is 11.3 Å². The van der Waals surface area contributed by atoms with Gasteiger partial charge < -0.3 is 14.6 Å². The van der Waals surface area contributed by atoms with Crippen LogP contribution in [0.15, 0.2) is 27.2 Å². The van der Waals surface area contributed by atoms with Gasteiger partial charge in [0.1, 0.15) is 4.88 Å². The summed E-state index contributed by atoms with van der Waals surface area (Å²) in [6.07, 6.45) is 0.595. The maximum Gasteiger partial charge on any atom is 0.289 e. The Morgan fingerprint density at radius 1 is 1.44 bits per heavy atom. The lowest BCUT2D eigenvalue weighted by molar-refractivity contribution is 0.0747. The second-order valence-corrected chi connectivity index (χ2v) is 7.99. The highest BCUT2D eigenvalue weighted by atomic mass is 32.2. The number of nitrogens with one attached hydrogen (secondary N) is 1. The Bertz CT molecular complexity index is 917. The van der Waals surface area contributed by atoms with Gasteiger partial charge in [-0.25, -0.2) is 18.5 Å². The molecule has 0 bridgehead atoms. The molecule has 0 radical (unpaired) electrons.